The first-order valence-electron chi connectivity index (χ1n) is 18.7. The van der Waals surface area contributed by atoms with Gasteiger partial charge in [-0.2, -0.15) is 36.3 Å². The molecule has 4 aromatic carbocycles. The van der Waals surface area contributed by atoms with E-state index in [-0.39, 0.29) is 44.9 Å². The van der Waals surface area contributed by atoms with Crippen LogP contribution in [0.15, 0.2) is 129 Å². The SMILES string of the molecule is Cc1ccc(-n2c(=O)c3cnc(NCC(F)(F)F)nc3n(-c3ccc(O)cc3)c2=O)cc1.Cc1ccc(-n2c(=O)c3cnc(NCC(F)(F)F)nc3n(-c3ccc(O)cc3)c2=O)cc1. The molecular formula is C42H32F6N10O6. The number of benzene rings is 4. The van der Waals surface area contributed by atoms with E-state index in [1.54, 1.807) is 48.5 Å². The summed E-state index contributed by atoms with van der Waals surface area (Å²) in [6.07, 6.45) is -6.87. The van der Waals surface area contributed by atoms with E-state index in [9.17, 15) is 55.7 Å². The topological polar surface area (TPSA) is 204 Å². The predicted octanol–water partition coefficient (Wildman–Crippen LogP) is 5.84. The summed E-state index contributed by atoms with van der Waals surface area (Å²) in [6, 6.07) is 24.4. The maximum Gasteiger partial charge on any atom is 0.405 e. The van der Waals surface area contributed by atoms with Gasteiger partial charge in [0.05, 0.1) is 22.7 Å². The molecular weight excluding hydrogens is 855 g/mol. The lowest BCUT2D eigenvalue weighted by molar-refractivity contribution is -0.116. The van der Waals surface area contributed by atoms with E-state index in [4.69, 9.17) is 0 Å². The van der Waals surface area contributed by atoms with E-state index in [0.717, 1.165) is 41.8 Å². The average Bonchev–Trinajstić information content (AvgIpc) is 3.24. The van der Waals surface area contributed by atoms with Gasteiger partial charge in [0.1, 0.15) is 35.4 Å². The molecule has 0 fully saturated rings. The molecule has 0 saturated carbocycles. The molecule has 328 valence electrons. The second-order valence-corrected chi connectivity index (χ2v) is 14.0. The van der Waals surface area contributed by atoms with Crippen molar-refractivity contribution in [3.05, 3.63) is 162 Å². The Morgan fingerprint density at radius 2 is 0.781 bits per heavy atom. The van der Waals surface area contributed by atoms with Crippen molar-refractivity contribution in [3.8, 4) is 34.2 Å². The summed E-state index contributed by atoms with van der Waals surface area (Å²) in [6.45, 7) is 0.931. The lowest BCUT2D eigenvalue weighted by Gasteiger charge is -2.15. The highest BCUT2D eigenvalue weighted by Crippen LogP contribution is 2.21. The van der Waals surface area contributed by atoms with E-state index in [2.05, 4.69) is 19.9 Å². The fourth-order valence-corrected chi connectivity index (χ4v) is 6.22. The summed E-state index contributed by atoms with van der Waals surface area (Å²) in [7, 11) is 0. The summed E-state index contributed by atoms with van der Waals surface area (Å²) < 4.78 is 79.5. The van der Waals surface area contributed by atoms with Gasteiger partial charge in [0.15, 0.2) is 11.3 Å². The summed E-state index contributed by atoms with van der Waals surface area (Å²) in [4.78, 5) is 68.7. The predicted molar refractivity (Wildman–Crippen MR) is 223 cm³/mol. The molecule has 64 heavy (non-hydrogen) atoms. The minimum absolute atomic E-state index is 0.0554. The number of nitrogens with one attached hydrogen (secondary N) is 2. The Balaban J connectivity index is 0.000000191. The van der Waals surface area contributed by atoms with Crippen molar-refractivity contribution < 1.29 is 36.6 Å². The van der Waals surface area contributed by atoms with E-state index in [1.165, 1.54) is 48.5 Å². The normalized spacial score (nSPS) is 11.6. The van der Waals surface area contributed by atoms with Crippen LogP contribution in [0.25, 0.3) is 44.8 Å². The summed E-state index contributed by atoms with van der Waals surface area (Å²) in [5, 5.41) is 23.1. The van der Waals surface area contributed by atoms with Crippen molar-refractivity contribution >= 4 is 34.0 Å². The van der Waals surface area contributed by atoms with Crippen molar-refractivity contribution in [2.75, 3.05) is 23.7 Å². The second-order valence-electron chi connectivity index (χ2n) is 14.0. The van der Waals surface area contributed by atoms with Gasteiger partial charge < -0.3 is 20.8 Å². The Morgan fingerprint density at radius 1 is 0.484 bits per heavy atom. The number of aryl methyl sites for hydroxylation is 2. The van der Waals surface area contributed by atoms with Crippen molar-refractivity contribution in [1.82, 2.24) is 38.2 Å². The quantitative estimate of drug-likeness (QED) is 0.133. The first-order chi connectivity index (χ1) is 30.3. The number of hydrogen-bond donors (Lipinski definition) is 4. The number of phenolic OH excluding ortho intramolecular Hbond substituents is 2. The standard InChI is InChI=1S/2C21H16F3N5O3/c2*1-12-2-4-14(5-3-12)29-18(31)16-10-25-19(26-11-21(22,23)24)27-17(16)28(20(29)32)13-6-8-15(30)9-7-13/h2*2-10,30H,11H2,1H3,(H,25,26,27). The molecule has 0 aliphatic heterocycles. The van der Waals surface area contributed by atoms with Gasteiger partial charge in [-0.1, -0.05) is 35.4 Å². The molecule has 4 heterocycles. The second kappa shape index (κ2) is 17.2. The summed E-state index contributed by atoms with van der Waals surface area (Å²) in [5.41, 5.74) is -0.387. The maximum absolute atomic E-state index is 13.4. The first kappa shape index (κ1) is 43.8. The molecule has 0 aliphatic carbocycles. The van der Waals surface area contributed by atoms with Gasteiger partial charge in [0.2, 0.25) is 11.9 Å². The number of aromatic nitrogens is 8. The molecule has 0 saturated heterocycles. The Hall–Kier alpha value is -8.30. The highest BCUT2D eigenvalue weighted by molar-refractivity contribution is 5.77. The van der Waals surface area contributed by atoms with Crippen LogP contribution in [0.5, 0.6) is 11.5 Å². The lowest BCUT2D eigenvalue weighted by Crippen LogP contribution is -2.39. The number of phenols is 2. The molecule has 4 N–H and O–H groups in total. The number of halogens is 6. The van der Waals surface area contributed by atoms with Gasteiger partial charge in [0, 0.05) is 12.4 Å². The van der Waals surface area contributed by atoms with Crippen LogP contribution < -0.4 is 33.1 Å². The average molecular weight is 887 g/mol. The Morgan fingerprint density at radius 3 is 1.09 bits per heavy atom. The maximum atomic E-state index is 13.4. The molecule has 8 rings (SSSR count). The Labute approximate surface area is 354 Å². The molecule has 0 aliphatic rings. The molecule has 4 aromatic heterocycles. The highest BCUT2D eigenvalue weighted by Gasteiger charge is 2.29. The van der Waals surface area contributed by atoms with Crippen LogP contribution in [0, 0.1) is 13.8 Å². The van der Waals surface area contributed by atoms with Crippen molar-refractivity contribution in [2.24, 2.45) is 0 Å². The number of fused-ring (bicyclic) bond motifs is 2. The van der Waals surface area contributed by atoms with Crippen molar-refractivity contribution in [2.45, 2.75) is 26.2 Å². The Kier molecular flexibility index (Phi) is 11.8. The van der Waals surface area contributed by atoms with E-state index in [1.807, 2.05) is 24.5 Å². The molecule has 0 bridgehead atoms. The number of anilines is 2. The number of nitrogens with zero attached hydrogens (tertiary/aromatic N) is 8. The van der Waals surface area contributed by atoms with Crippen LogP contribution in [0.3, 0.4) is 0 Å². The summed E-state index contributed by atoms with van der Waals surface area (Å²) in [5.74, 6) is -0.899. The van der Waals surface area contributed by atoms with Gasteiger partial charge in [-0.15, -0.1) is 0 Å². The monoisotopic (exact) mass is 886 g/mol. The molecule has 22 heteroatoms. The Bertz CT molecular complexity index is 3040. The van der Waals surface area contributed by atoms with Gasteiger partial charge in [-0.3, -0.25) is 9.59 Å². The zero-order valence-corrected chi connectivity index (χ0v) is 33.2. The van der Waals surface area contributed by atoms with E-state index in [0.29, 0.717) is 11.4 Å². The number of alkyl halides is 6. The lowest BCUT2D eigenvalue weighted by atomic mass is 10.2. The van der Waals surface area contributed by atoms with Crippen molar-refractivity contribution in [3.63, 3.8) is 0 Å². The smallest absolute Gasteiger partial charge is 0.405 e. The van der Waals surface area contributed by atoms with Crippen LogP contribution in [0.2, 0.25) is 0 Å². The highest BCUT2D eigenvalue weighted by atomic mass is 19.4. The van der Waals surface area contributed by atoms with E-state index < -0.39 is 59.8 Å². The first-order valence-corrected chi connectivity index (χ1v) is 18.7. The minimum Gasteiger partial charge on any atom is -0.508 e. The fourth-order valence-electron chi connectivity index (χ4n) is 6.22. The molecule has 0 spiro atoms. The van der Waals surface area contributed by atoms with Gasteiger partial charge in [-0.25, -0.2) is 37.8 Å². The van der Waals surface area contributed by atoms with Crippen LogP contribution in [0.4, 0.5) is 38.2 Å². The third kappa shape index (κ3) is 9.44. The summed E-state index contributed by atoms with van der Waals surface area (Å²) >= 11 is 0. The van der Waals surface area contributed by atoms with Crippen LogP contribution in [-0.4, -0.2) is 73.9 Å². The zero-order chi connectivity index (χ0) is 46.1. The van der Waals surface area contributed by atoms with Crippen LogP contribution in [-0.2, 0) is 0 Å². The third-order valence-corrected chi connectivity index (χ3v) is 9.29. The largest absolute Gasteiger partial charge is 0.508 e. The van der Waals surface area contributed by atoms with Gasteiger partial charge in [-0.05, 0) is 86.6 Å². The molecule has 0 radical (unpaired) electrons. The molecule has 0 atom stereocenters. The number of hydrogen-bond acceptors (Lipinski definition) is 12. The van der Waals surface area contributed by atoms with Gasteiger partial charge >= 0.3 is 23.7 Å². The van der Waals surface area contributed by atoms with Crippen molar-refractivity contribution in [1.29, 1.82) is 0 Å². The van der Waals surface area contributed by atoms with Crippen LogP contribution in [0.1, 0.15) is 11.1 Å². The number of aromatic hydroxyl groups is 2. The number of rotatable bonds is 8. The fraction of sp³-hybridized carbons (Fsp3) is 0.143. The minimum atomic E-state index is -4.51. The molecule has 0 unspecified atom stereocenters. The zero-order valence-electron chi connectivity index (χ0n) is 33.2. The molecule has 0 amide bonds. The molecule has 16 nitrogen and oxygen atoms in total. The van der Waals surface area contributed by atoms with E-state index >= 15 is 0 Å². The van der Waals surface area contributed by atoms with Gasteiger partial charge in [0.25, 0.3) is 11.1 Å². The van der Waals surface area contributed by atoms with Crippen LogP contribution >= 0.6 is 0 Å². The molecule has 8 aromatic rings. The third-order valence-electron chi connectivity index (χ3n) is 9.29.